The summed E-state index contributed by atoms with van der Waals surface area (Å²) in [6.07, 6.45) is 6.85. The zero-order valence-corrected chi connectivity index (χ0v) is 17.6. The fourth-order valence-corrected chi connectivity index (χ4v) is 3.37. The minimum atomic E-state index is -1.71. The van der Waals surface area contributed by atoms with E-state index in [1.165, 1.54) is 12.0 Å². The summed E-state index contributed by atoms with van der Waals surface area (Å²) >= 11 is 0. The minimum Gasteiger partial charge on any atom is -0.373 e. The molecule has 0 bridgehead atoms. The fourth-order valence-electron chi connectivity index (χ4n) is 3.37. The molecule has 2 N–H and O–H groups in total. The van der Waals surface area contributed by atoms with Crippen LogP contribution in [0.2, 0.25) is 0 Å². The summed E-state index contributed by atoms with van der Waals surface area (Å²) < 4.78 is 10.4. The zero-order valence-electron chi connectivity index (χ0n) is 17.6. The molecule has 4 heterocycles. The van der Waals surface area contributed by atoms with Crippen molar-refractivity contribution < 1.29 is 19.2 Å². The first-order chi connectivity index (χ1) is 15.4. The highest BCUT2D eigenvalue weighted by atomic mass is 16.5. The van der Waals surface area contributed by atoms with Gasteiger partial charge in [-0.1, -0.05) is 17.1 Å². The molecule has 1 saturated heterocycles. The lowest BCUT2D eigenvalue weighted by Crippen LogP contribution is -2.35. The van der Waals surface area contributed by atoms with Crippen LogP contribution >= 0.6 is 0 Å². The Morgan fingerprint density at radius 3 is 2.75 bits per heavy atom. The third kappa shape index (κ3) is 4.03. The van der Waals surface area contributed by atoms with Crippen molar-refractivity contribution in [1.82, 2.24) is 25.0 Å². The standard InChI is InChI=1S/C22H22N6O4/c1-4-14(31-3)13-24-21-23-10-8-17(26-21)15-6-5-7-16(25-15)18-12-19(32-27-18)22(30)9-11-28(2)20(22)29/h1,5-8,10,12,14,30H,9,11,13H2,2-3H3,(H,23,24,26)/t14-,22-/m1/s1. The molecule has 1 aliphatic heterocycles. The second-order valence-corrected chi connectivity index (χ2v) is 7.36. The van der Waals surface area contributed by atoms with E-state index in [2.05, 4.69) is 31.3 Å². The number of amides is 1. The Kier molecular flexibility index (Phi) is 5.85. The molecular weight excluding hydrogens is 412 g/mol. The molecule has 0 spiro atoms. The van der Waals surface area contributed by atoms with Crippen LogP contribution in [0.25, 0.3) is 22.8 Å². The zero-order chi connectivity index (χ0) is 22.7. The largest absolute Gasteiger partial charge is 0.373 e. The molecule has 10 nitrogen and oxygen atoms in total. The van der Waals surface area contributed by atoms with Crippen molar-refractivity contribution in [3.05, 3.63) is 42.3 Å². The maximum absolute atomic E-state index is 12.3. The number of terminal acetylenes is 1. The first kappa shape index (κ1) is 21.4. The number of likely N-dealkylation sites (tertiary alicyclic amines) is 1. The number of carbonyl (C=O) groups is 1. The molecule has 1 aliphatic rings. The van der Waals surface area contributed by atoms with Crippen molar-refractivity contribution in [3.8, 4) is 35.1 Å². The van der Waals surface area contributed by atoms with Gasteiger partial charge in [-0.25, -0.2) is 15.0 Å². The van der Waals surface area contributed by atoms with E-state index in [1.54, 1.807) is 37.5 Å². The number of nitrogens with zero attached hydrogens (tertiary/aromatic N) is 5. The Balaban J connectivity index is 1.57. The van der Waals surface area contributed by atoms with Gasteiger partial charge in [-0.3, -0.25) is 4.79 Å². The molecule has 3 aromatic heterocycles. The summed E-state index contributed by atoms with van der Waals surface area (Å²) in [6, 6.07) is 8.65. The van der Waals surface area contributed by atoms with Gasteiger partial charge in [-0.2, -0.15) is 0 Å². The number of anilines is 1. The number of nitrogens with one attached hydrogen (secondary N) is 1. The Morgan fingerprint density at radius 1 is 1.31 bits per heavy atom. The molecule has 32 heavy (non-hydrogen) atoms. The van der Waals surface area contributed by atoms with E-state index in [4.69, 9.17) is 15.7 Å². The van der Waals surface area contributed by atoms with Gasteiger partial charge in [0.05, 0.1) is 23.6 Å². The number of carbonyl (C=O) groups excluding carboxylic acids is 1. The van der Waals surface area contributed by atoms with E-state index < -0.39 is 17.6 Å². The maximum atomic E-state index is 12.3. The van der Waals surface area contributed by atoms with Crippen LogP contribution in [0.1, 0.15) is 12.2 Å². The normalized spacial score (nSPS) is 19.1. The number of pyridine rings is 1. The van der Waals surface area contributed by atoms with Crippen molar-refractivity contribution in [2.45, 2.75) is 18.1 Å². The summed E-state index contributed by atoms with van der Waals surface area (Å²) in [7, 11) is 3.17. The summed E-state index contributed by atoms with van der Waals surface area (Å²) in [4.78, 5) is 27.0. The predicted molar refractivity (Wildman–Crippen MR) is 115 cm³/mol. The molecule has 164 valence electrons. The van der Waals surface area contributed by atoms with Crippen molar-refractivity contribution >= 4 is 11.9 Å². The SMILES string of the molecule is C#C[C@H](CNc1nccc(-c2cccc(-c3cc([C@]4(O)CCN(C)C4=O)on3)n2)n1)OC. The molecule has 10 heteroatoms. The van der Waals surface area contributed by atoms with Crippen molar-refractivity contribution in [1.29, 1.82) is 0 Å². The van der Waals surface area contributed by atoms with E-state index in [9.17, 15) is 9.90 Å². The lowest BCUT2D eigenvalue weighted by atomic mass is 9.98. The van der Waals surface area contributed by atoms with E-state index in [0.29, 0.717) is 41.8 Å². The average molecular weight is 434 g/mol. The molecule has 0 aromatic carbocycles. The highest BCUT2D eigenvalue weighted by Crippen LogP contribution is 2.34. The monoisotopic (exact) mass is 434 g/mol. The lowest BCUT2D eigenvalue weighted by molar-refractivity contribution is -0.144. The summed E-state index contributed by atoms with van der Waals surface area (Å²) in [5.41, 5.74) is 0.396. The van der Waals surface area contributed by atoms with Gasteiger partial charge in [-0.15, -0.1) is 6.42 Å². The molecule has 4 rings (SSSR count). The number of aliphatic hydroxyl groups is 1. The van der Waals surface area contributed by atoms with Crippen LogP contribution in [0.5, 0.6) is 0 Å². The number of rotatable bonds is 7. The van der Waals surface area contributed by atoms with Crippen LogP contribution in [0.15, 0.2) is 41.1 Å². The third-order valence-electron chi connectivity index (χ3n) is 5.27. The van der Waals surface area contributed by atoms with E-state index >= 15 is 0 Å². The second kappa shape index (κ2) is 8.74. The van der Waals surface area contributed by atoms with E-state index in [1.807, 2.05) is 6.07 Å². The molecule has 3 aromatic rings. The minimum absolute atomic E-state index is 0.101. The number of aromatic nitrogens is 4. The summed E-state index contributed by atoms with van der Waals surface area (Å²) in [5.74, 6) is 2.59. The van der Waals surface area contributed by atoms with Gasteiger partial charge >= 0.3 is 0 Å². The van der Waals surface area contributed by atoms with Crippen molar-refractivity contribution in [2.75, 3.05) is 32.6 Å². The molecular formula is C22H22N6O4. The maximum Gasteiger partial charge on any atom is 0.262 e. The number of hydrogen-bond donors (Lipinski definition) is 2. The van der Waals surface area contributed by atoms with Gasteiger partial charge < -0.3 is 24.6 Å². The molecule has 0 radical (unpaired) electrons. The van der Waals surface area contributed by atoms with Gasteiger partial charge in [0.1, 0.15) is 11.8 Å². The van der Waals surface area contributed by atoms with Crippen LogP contribution in [-0.4, -0.2) is 69.4 Å². The van der Waals surface area contributed by atoms with Crippen LogP contribution in [0, 0.1) is 12.3 Å². The van der Waals surface area contributed by atoms with Gasteiger partial charge in [0.2, 0.25) is 11.5 Å². The fraction of sp³-hybridized carbons (Fsp3) is 0.318. The van der Waals surface area contributed by atoms with Crippen molar-refractivity contribution in [3.63, 3.8) is 0 Å². The lowest BCUT2D eigenvalue weighted by Gasteiger charge is -2.16. The Morgan fingerprint density at radius 2 is 2.06 bits per heavy atom. The van der Waals surface area contributed by atoms with Crippen LogP contribution < -0.4 is 5.32 Å². The molecule has 0 saturated carbocycles. The van der Waals surface area contributed by atoms with Gasteiger partial charge in [0.25, 0.3) is 5.91 Å². The highest BCUT2D eigenvalue weighted by molar-refractivity contribution is 5.87. The molecule has 2 atom stereocenters. The predicted octanol–water partition coefficient (Wildman–Crippen LogP) is 1.30. The van der Waals surface area contributed by atoms with E-state index in [-0.39, 0.29) is 12.2 Å². The third-order valence-corrected chi connectivity index (χ3v) is 5.27. The number of methoxy groups -OCH3 is 1. The van der Waals surface area contributed by atoms with Crippen LogP contribution in [-0.2, 0) is 15.1 Å². The molecule has 1 amide bonds. The Hall–Kier alpha value is -3.81. The first-order valence-electron chi connectivity index (χ1n) is 9.93. The smallest absolute Gasteiger partial charge is 0.262 e. The molecule has 0 aliphatic carbocycles. The number of ether oxygens (including phenoxy) is 1. The van der Waals surface area contributed by atoms with Crippen molar-refractivity contribution in [2.24, 2.45) is 0 Å². The number of hydrogen-bond acceptors (Lipinski definition) is 9. The quantitative estimate of drug-likeness (QED) is 0.529. The highest BCUT2D eigenvalue weighted by Gasteiger charge is 2.48. The Labute approximate surface area is 184 Å². The Bertz CT molecular complexity index is 1170. The molecule has 0 unspecified atom stereocenters. The number of likely N-dealkylation sites (N-methyl/N-ethyl adjacent to an activating group) is 1. The van der Waals surface area contributed by atoms with Gasteiger partial charge in [0, 0.05) is 39.4 Å². The van der Waals surface area contributed by atoms with Gasteiger partial charge in [-0.05, 0) is 18.2 Å². The molecule has 1 fully saturated rings. The summed E-state index contributed by atoms with van der Waals surface area (Å²) in [6.45, 7) is 0.804. The average Bonchev–Trinajstić information content (AvgIpc) is 3.43. The second-order valence-electron chi connectivity index (χ2n) is 7.36. The van der Waals surface area contributed by atoms with Crippen LogP contribution in [0.4, 0.5) is 5.95 Å². The topological polar surface area (TPSA) is 127 Å². The van der Waals surface area contributed by atoms with Gasteiger partial charge in [0.15, 0.2) is 5.76 Å². The van der Waals surface area contributed by atoms with E-state index in [0.717, 1.165) is 0 Å². The first-order valence-corrected chi connectivity index (χ1v) is 9.93. The summed E-state index contributed by atoms with van der Waals surface area (Å²) in [5, 5.41) is 17.8. The van der Waals surface area contributed by atoms with Crippen LogP contribution in [0.3, 0.4) is 0 Å².